The molecule has 9 aromatic carbocycles. The van der Waals surface area contributed by atoms with Crippen molar-refractivity contribution in [3.8, 4) is 66.8 Å². The van der Waals surface area contributed by atoms with Crippen LogP contribution in [0.5, 0.6) is 0 Å². The summed E-state index contributed by atoms with van der Waals surface area (Å²) in [6.45, 7) is 0. The topological polar surface area (TPSA) is 133 Å². The molecule has 0 aliphatic heterocycles. The second-order valence-corrected chi connectivity index (χ2v) is 15.1. The van der Waals surface area contributed by atoms with Crippen molar-refractivity contribution < 1.29 is 14.8 Å². The van der Waals surface area contributed by atoms with Gasteiger partial charge in [-0.05, 0) is 158 Å². The van der Waals surface area contributed by atoms with Crippen LogP contribution in [0.25, 0.3) is 66.8 Å². The van der Waals surface area contributed by atoms with Gasteiger partial charge in [-0.3, -0.25) is 30.3 Å². The molecule has 0 unspecified atom stereocenters. The molecule has 10 nitrogen and oxygen atoms in total. The number of hydrogen-bond acceptors (Lipinski definition) is 7. The number of benzene rings is 9. The molecule has 0 aliphatic rings. The van der Waals surface area contributed by atoms with Crippen LogP contribution in [0.3, 0.4) is 0 Å². The standard InChI is InChI=1S/C54H36N4O6/c59-56(60)52-28-16-40(17-29-52)46-7-1-4-43(34-46)37-10-22-49(23-11-37)55(50-24-12-38(13-25-50)44-5-2-8-47(35-44)41-18-30-53(31-19-41)57(61)62)51-26-14-39(15-27-51)45-6-3-9-48(36-45)42-20-32-54(33-21-42)58(63)64/h1-36H. The molecule has 0 atom stereocenters. The number of hydrogen-bond donors (Lipinski definition) is 0. The summed E-state index contributed by atoms with van der Waals surface area (Å²) < 4.78 is 0. The fourth-order valence-corrected chi connectivity index (χ4v) is 7.82. The highest BCUT2D eigenvalue weighted by Crippen LogP contribution is 2.39. The Kier molecular flexibility index (Phi) is 11.1. The summed E-state index contributed by atoms with van der Waals surface area (Å²) in [6, 6.07) is 69.1. The lowest BCUT2D eigenvalue weighted by Gasteiger charge is -2.26. The van der Waals surface area contributed by atoms with E-state index in [0.717, 1.165) is 83.8 Å². The summed E-state index contributed by atoms with van der Waals surface area (Å²) in [4.78, 5) is 34.7. The number of nitro benzene ring substituents is 3. The van der Waals surface area contributed by atoms with Crippen molar-refractivity contribution in [1.82, 2.24) is 0 Å². The molecule has 0 radical (unpaired) electrons. The smallest absolute Gasteiger partial charge is 0.269 e. The van der Waals surface area contributed by atoms with Crippen LogP contribution in [0, 0.1) is 30.3 Å². The van der Waals surface area contributed by atoms with Gasteiger partial charge >= 0.3 is 0 Å². The number of rotatable bonds is 12. The van der Waals surface area contributed by atoms with Gasteiger partial charge in [0, 0.05) is 53.5 Å². The molecule has 0 spiro atoms. The maximum absolute atomic E-state index is 11.2. The molecule has 9 rings (SSSR count). The van der Waals surface area contributed by atoms with Gasteiger partial charge in [-0.25, -0.2) is 0 Å². The van der Waals surface area contributed by atoms with Crippen molar-refractivity contribution in [2.75, 3.05) is 4.90 Å². The maximum Gasteiger partial charge on any atom is 0.269 e. The lowest BCUT2D eigenvalue weighted by molar-refractivity contribution is -0.385. The lowest BCUT2D eigenvalue weighted by atomic mass is 9.97. The first-order chi connectivity index (χ1) is 31.2. The third kappa shape index (κ3) is 8.60. The molecule has 0 saturated heterocycles. The molecule has 0 aromatic heterocycles. The molecule has 0 aliphatic carbocycles. The Hall–Kier alpha value is -9.02. The first-order valence-electron chi connectivity index (χ1n) is 20.3. The van der Waals surface area contributed by atoms with Crippen LogP contribution in [0.4, 0.5) is 34.1 Å². The van der Waals surface area contributed by atoms with E-state index in [2.05, 4.69) is 95.9 Å². The van der Waals surface area contributed by atoms with Crippen LogP contribution in [-0.2, 0) is 0 Å². The third-order valence-electron chi connectivity index (χ3n) is 11.2. The Balaban J connectivity index is 1.04. The Morgan fingerprint density at radius 2 is 0.438 bits per heavy atom. The van der Waals surface area contributed by atoms with Crippen LogP contribution >= 0.6 is 0 Å². The summed E-state index contributed by atoms with van der Waals surface area (Å²) in [5, 5.41) is 33.7. The summed E-state index contributed by atoms with van der Waals surface area (Å²) >= 11 is 0. The second kappa shape index (κ2) is 17.5. The normalized spacial score (nSPS) is 10.9. The van der Waals surface area contributed by atoms with Crippen molar-refractivity contribution in [1.29, 1.82) is 0 Å². The van der Waals surface area contributed by atoms with Crippen LogP contribution in [-0.4, -0.2) is 14.8 Å². The fourth-order valence-electron chi connectivity index (χ4n) is 7.82. The molecule has 0 N–H and O–H groups in total. The van der Waals surface area contributed by atoms with Gasteiger partial charge in [0.15, 0.2) is 0 Å². The molecule has 0 fully saturated rings. The van der Waals surface area contributed by atoms with E-state index in [1.165, 1.54) is 36.4 Å². The van der Waals surface area contributed by atoms with Gasteiger partial charge in [0.05, 0.1) is 14.8 Å². The van der Waals surface area contributed by atoms with E-state index in [0.29, 0.717) is 0 Å². The Morgan fingerprint density at radius 3 is 0.625 bits per heavy atom. The molecule has 0 saturated carbocycles. The highest BCUT2D eigenvalue weighted by Gasteiger charge is 2.16. The Morgan fingerprint density at radius 1 is 0.250 bits per heavy atom. The van der Waals surface area contributed by atoms with Gasteiger partial charge in [-0.1, -0.05) is 91.0 Å². The molecule has 0 bridgehead atoms. The molecule has 9 aromatic rings. The number of nitro groups is 3. The highest BCUT2D eigenvalue weighted by atomic mass is 16.6. The van der Waals surface area contributed by atoms with Gasteiger partial charge in [0.25, 0.3) is 17.1 Å². The molecule has 64 heavy (non-hydrogen) atoms. The van der Waals surface area contributed by atoms with Crippen LogP contribution in [0.15, 0.2) is 218 Å². The average molecular weight is 837 g/mol. The summed E-state index contributed by atoms with van der Waals surface area (Å²) in [7, 11) is 0. The van der Waals surface area contributed by atoms with Gasteiger partial charge in [-0.2, -0.15) is 0 Å². The van der Waals surface area contributed by atoms with E-state index >= 15 is 0 Å². The number of non-ortho nitro benzene ring substituents is 3. The maximum atomic E-state index is 11.2. The van der Waals surface area contributed by atoms with Gasteiger partial charge in [0.2, 0.25) is 0 Å². The van der Waals surface area contributed by atoms with Gasteiger partial charge < -0.3 is 4.90 Å². The predicted molar refractivity (Wildman–Crippen MR) is 254 cm³/mol. The van der Waals surface area contributed by atoms with E-state index in [9.17, 15) is 30.3 Å². The Labute approximate surface area is 368 Å². The minimum Gasteiger partial charge on any atom is -0.311 e. The fraction of sp³-hybridized carbons (Fsp3) is 0. The SMILES string of the molecule is O=[N+]([O-])c1ccc(-c2cccc(-c3ccc(N(c4ccc(-c5cccc(-c6ccc([N+](=O)[O-])cc6)c5)cc4)c4ccc(-c5cccc(-c6ccc([N+](=O)[O-])cc6)c5)cc4)cc3)c2)cc1. The zero-order chi connectivity index (χ0) is 44.2. The third-order valence-corrected chi connectivity index (χ3v) is 11.2. The van der Waals surface area contributed by atoms with Crippen molar-refractivity contribution >= 4 is 34.1 Å². The highest BCUT2D eigenvalue weighted by molar-refractivity contribution is 5.83. The van der Waals surface area contributed by atoms with Crippen LogP contribution in [0.2, 0.25) is 0 Å². The number of anilines is 3. The average Bonchev–Trinajstić information content (AvgIpc) is 3.35. The first-order valence-corrected chi connectivity index (χ1v) is 20.3. The van der Waals surface area contributed by atoms with E-state index in [4.69, 9.17) is 0 Å². The van der Waals surface area contributed by atoms with Crippen molar-refractivity contribution in [3.63, 3.8) is 0 Å². The second-order valence-electron chi connectivity index (χ2n) is 15.1. The van der Waals surface area contributed by atoms with Gasteiger partial charge in [-0.15, -0.1) is 0 Å². The molecular formula is C54H36N4O6. The van der Waals surface area contributed by atoms with E-state index in [-0.39, 0.29) is 17.1 Å². The van der Waals surface area contributed by atoms with E-state index in [1.807, 2.05) is 54.6 Å². The van der Waals surface area contributed by atoms with E-state index < -0.39 is 14.8 Å². The zero-order valence-electron chi connectivity index (χ0n) is 34.0. The first kappa shape index (κ1) is 40.4. The molecule has 10 heteroatoms. The van der Waals surface area contributed by atoms with Crippen LogP contribution < -0.4 is 4.90 Å². The summed E-state index contributed by atoms with van der Waals surface area (Å²) in [6.07, 6.45) is 0. The molecule has 308 valence electrons. The van der Waals surface area contributed by atoms with Crippen molar-refractivity contribution in [3.05, 3.63) is 249 Å². The largest absolute Gasteiger partial charge is 0.311 e. The van der Waals surface area contributed by atoms with Crippen molar-refractivity contribution in [2.24, 2.45) is 0 Å². The number of nitrogens with zero attached hydrogens (tertiary/aromatic N) is 4. The minimum atomic E-state index is -0.400. The van der Waals surface area contributed by atoms with Crippen LogP contribution in [0.1, 0.15) is 0 Å². The summed E-state index contributed by atoms with van der Waals surface area (Å²) in [5.41, 5.74) is 14.6. The Bertz CT molecular complexity index is 2810. The van der Waals surface area contributed by atoms with Crippen molar-refractivity contribution in [2.45, 2.75) is 0 Å². The molecule has 0 amide bonds. The zero-order valence-corrected chi connectivity index (χ0v) is 34.0. The quantitative estimate of drug-likeness (QED) is 0.0883. The minimum absolute atomic E-state index is 0.0482. The summed E-state index contributed by atoms with van der Waals surface area (Å²) in [5.74, 6) is 0. The molecular weight excluding hydrogens is 801 g/mol. The monoisotopic (exact) mass is 836 g/mol. The van der Waals surface area contributed by atoms with Gasteiger partial charge in [0.1, 0.15) is 0 Å². The molecule has 0 heterocycles. The van der Waals surface area contributed by atoms with E-state index in [1.54, 1.807) is 36.4 Å². The predicted octanol–water partition coefficient (Wildman–Crippen LogP) is 14.9. The lowest BCUT2D eigenvalue weighted by Crippen LogP contribution is -2.09.